The van der Waals surface area contributed by atoms with Crippen LogP contribution in [-0.2, 0) is 6.42 Å². The average Bonchev–Trinajstić information content (AvgIpc) is 1.91. The van der Waals surface area contributed by atoms with Crippen LogP contribution in [0, 0.1) is 0 Å². The zero-order valence-electron chi connectivity index (χ0n) is 7.38. The maximum Gasteiger partial charge on any atom is 1.00 e. The SMILES string of the molecule is C=CCc1ccccc1.[H-].[Na+]. The summed E-state index contributed by atoms with van der Waals surface area (Å²) in [4.78, 5) is 0. The third-order valence-electron chi connectivity index (χ3n) is 1.22. The van der Waals surface area contributed by atoms with Crippen LogP contribution in [0.25, 0.3) is 0 Å². The van der Waals surface area contributed by atoms with Gasteiger partial charge in [-0.15, -0.1) is 6.58 Å². The number of hydrogen-bond acceptors (Lipinski definition) is 0. The monoisotopic (exact) mass is 142 g/mol. The van der Waals surface area contributed by atoms with E-state index in [1.807, 2.05) is 24.3 Å². The van der Waals surface area contributed by atoms with Crippen molar-refractivity contribution >= 4 is 0 Å². The molecule has 1 aromatic rings. The van der Waals surface area contributed by atoms with Gasteiger partial charge in [-0.1, -0.05) is 36.4 Å². The van der Waals surface area contributed by atoms with E-state index in [-0.39, 0.29) is 31.0 Å². The zero-order valence-corrected chi connectivity index (χ0v) is 8.38. The van der Waals surface area contributed by atoms with E-state index in [1.165, 1.54) is 5.56 Å². The normalized spacial score (nSPS) is 8.00. The van der Waals surface area contributed by atoms with E-state index in [0.29, 0.717) is 0 Å². The van der Waals surface area contributed by atoms with Gasteiger partial charge in [-0.05, 0) is 12.0 Å². The minimum absolute atomic E-state index is 0. The van der Waals surface area contributed by atoms with Gasteiger partial charge in [0.05, 0.1) is 0 Å². The molecule has 0 heterocycles. The smallest absolute Gasteiger partial charge is 1.00 e. The fourth-order valence-electron chi connectivity index (χ4n) is 0.781. The van der Waals surface area contributed by atoms with Crippen molar-refractivity contribution in [1.82, 2.24) is 0 Å². The molecule has 10 heavy (non-hydrogen) atoms. The van der Waals surface area contributed by atoms with Crippen molar-refractivity contribution in [3.05, 3.63) is 48.6 Å². The van der Waals surface area contributed by atoms with Crippen LogP contribution in [0.3, 0.4) is 0 Å². The first-order valence-corrected chi connectivity index (χ1v) is 3.08. The van der Waals surface area contributed by atoms with Gasteiger partial charge in [-0.2, -0.15) is 0 Å². The average molecular weight is 142 g/mol. The molecule has 0 aliphatic rings. The van der Waals surface area contributed by atoms with Crippen molar-refractivity contribution in [3.8, 4) is 0 Å². The largest absolute Gasteiger partial charge is 1.00 e. The Kier molecular flexibility index (Phi) is 5.70. The molecule has 0 amide bonds. The van der Waals surface area contributed by atoms with Crippen molar-refractivity contribution in [2.45, 2.75) is 6.42 Å². The van der Waals surface area contributed by atoms with E-state index >= 15 is 0 Å². The maximum absolute atomic E-state index is 3.66. The van der Waals surface area contributed by atoms with E-state index < -0.39 is 0 Å². The van der Waals surface area contributed by atoms with Gasteiger partial charge in [-0.3, -0.25) is 0 Å². The number of allylic oxidation sites excluding steroid dienone is 1. The molecule has 0 N–H and O–H groups in total. The molecule has 0 saturated heterocycles. The summed E-state index contributed by atoms with van der Waals surface area (Å²) in [7, 11) is 0. The third-order valence-corrected chi connectivity index (χ3v) is 1.22. The second-order valence-corrected chi connectivity index (χ2v) is 1.98. The van der Waals surface area contributed by atoms with Crippen molar-refractivity contribution in [1.29, 1.82) is 0 Å². The molecule has 1 aromatic carbocycles. The fraction of sp³-hybridized carbons (Fsp3) is 0.111. The predicted molar refractivity (Wildman–Crippen MR) is 41.5 cm³/mol. The molecule has 1 heteroatoms. The van der Waals surface area contributed by atoms with Crippen molar-refractivity contribution in [3.63, 3.8) is 0 Å². The molecular formula is C9H11Na. The van der Waals surface area contributed by atoms with Crippen LogP contribution in [-0.4, -0.2) is 0 Å². The van der Waals surface area contributed by atoms with Crippen LogP contribution >= 0.6 is 0 Å². The molecule has 0 aliphatic carbocycles. The molecule has 0 unspecified atom stereocenters. The molecule has 0 spiro atoms. The van der Waals surface area contributed by atoms with E-state index in [9.17, 15) is 0 Å². The Bertz CT molecular complexity index is 184. The van der Waals surface area contributed by atoms with Gasteiger partial charge in [0.1, 0.15) is 0 Å². The number of benzene rings is 1. The molecule has 0 aliphatic heterocycles. The molecule has 0 radical (unpaired) electrons. The second kappa shape index (κ2) is 5.72. The molecular weight excluding hydrogens is 131 g/mol. The first-order valence-electron chi connectivity index (χ1n) is 3.08. The van der Waals surface area contributed by atoms with Gasteiger partial charge < -0.3 is 1.43 Å². The van der Waals surface area contributed by atoms with Crippen LogP contribution in [0.5, 0.6) is 0 Å². The molecule has 0 atom stereocenters. The summed E-state index contributed by atoms with van der Waals surface area (Å²) in [5, 5.41) is 0. The van der Waals surface area contributed by atoms with Crippen LogP contribution in [0.1, 0.15) is 6.99 Å². The Labute approximate surface area is 85.7 Å². The van der Waals surface area contributed by atoms with Crippen molar-refractivity contribution in [2.75, 3.05) is 0 Å². The quantitative estimate of drug-likeness (QED) is 0.387. The van der Waals surface area contributed by atoms with Gasteiger partial charge in [-0.25, -0.2) is 0 Å². The minimum Gasteiger partial charge on any atom is -1.00 e. The van der Waals surface area contributed by atoms with E-state index in [0.717, 1.165) is 6.42 Å². The first-order chi connectivity index (χ1) is 4.43. The fourth-order valence-corrected chi connectivity index (χ4v) is 0.781. The van der Waals surface area contributed by atoms with Crippen LogP contribution < -0.4 is 29.6 Å². The standard InChI is InChI=1S/C9H10.Na.H/c1-2-6-9-7-4-3-5-8-9;;/h2-5,7-8H,1,6H2;;/q;+1;-1. The molecule has 48 valence electrons. The zero-order chi connectivity index (χ0) is 6.53. The molecule has 0 saturated carbocycles. The van der Waals surface area contributed by atoms with E-state index in [4.69, 9.17) is 0 Å². The summed E-state index contributed by atoms with van der Waals surface area (Å²) < 4.78 is 0. The van der Waals surface area contributed by atoms with Gasteiger partial charge in [0.2, 0.25) is 0 Å². The van der Waals surface area contributed by atoms with Crippen LogP contribution in [0.4, 0.5) is 0 Å². The molecule has 0 nitrogen and oxygen atoms in total. The Morgan fingerprint density at radius 2 is 1.90 bits per heavy atom. The van der Waals surface area contributed by atoms with Crippen LogP contribution in [0.2, 0.25) is 0 Å². The third kappa shape index (κ3) is 3.21. The Morgan fingerprint density at radius 1 is 1.30 bits per heavy atom. The van der Waals surface area contributed by atoms with E-state index in [2.05, 4.69) is 18.7 Å². The summed E-state index contributed by atoms with van der Waals surface area (Å²) >= 11 is 0. The summed E-state index contributed by atoms with van der Waals surface area (Å²) in [5.41, 5.74) is 1.33. The van der Waals surface area contributed by atoms with Gasteiger partial charge in [0.25, 0.3) is 0 Å². The van der Waals surface area contributed by atoms with Gasteiger partial charge in [0, 0.05) is 0 Å². The Morgan fingerprint density at radius 3 is 2.40 bits per heavy atom. The molecule has 0 aromatic heterocycles. The molecule has 1 rings (SSSR count). The predicted octanol–water partition coefficient (Wildman–Crippen LogP) is -0.468. The van der Waals surface area contributed by atoms with Gasteiger partial charge in [0.15, 0.2) is 0 Å². The Balaban J connectivity index is 0. The number of rotatable bonds is 2. The summed E-state index contributed by atoms with van der Waals surface area (Å²) in [6.07, 6.45) is 2.89. The molecule has 0 bridgehead atoms. The summed E-state index contributed by atoms with van der Waals surface area (Å²) in [6.45, 7) is 3.66. The number of hydrogen-bond donors (Lipinski definition) is 0. The Hall–Kier alpha value is -0.0400. The first kappa shape index (κ1) is 9.96. The maximum atomic E-state index is 3.66. The second-order valence-electron chi connectivity index (χ2n) is 1.98. The van der Waals surface area contributed by atoms with E-state index in [1.54, 1.807) is 0 Å². The summed E-state index contributed by atoms with van der Waals surface area (Å²) in [5.74, 6) is 0. The van der Waals surface area contributed by atoms with Crippen molar-refractivity contribution < 1.29 is 31.0 Å². The topological polar surface area (TPSA) is 0 Å². The van der Waals surface area contributed by atoms with Gasteiger partial charge >= 0.3 is 29.6 Å². The molecule has 0 fully saturated rings. The minimum atomic E-state index is 0. The summed E-state index contributed by atoms with van der Waals surface area (Å²) in [6, 6.07) is 10.3. The van der Waals surface area contributed by atoms with Crippen molar-refractivity contribution in [2.24, 2.45) is 0 Å². The van der Waals surface area contributed by atoms with Crippen LogP contribution in [0.15, 0.2) is 43.0 Å².